The standard InChI is InChI=1S/C25H22Br2N2O4/c1-32-18-9-7-14(8-10-18)21-13-22(19-11-17(26)12-20(27)23(19)30)29-24(28-21)15-3-5-16(6-4-15)25(31)33-2/h3-12,22,24,29-30H,13H2,1-2H3/t22-,24+/m0/s1. The van der Waals surface area contributed by atoms with Crippen molar-refractivity contribution in [2.24, 2.45) is 4.99 Å². The van der Waals surface area contributed by atoms with Gasteiger partial charge in [-0.1, -0.05) is 28.1 Å². The molecule has 170 valence electrons. The molecule has 6 nitrogen and oxygen atoms in total. The number of benzene rings is 3. The lowest BCUT2D eigenvalue weighted by Crippen LogP contribution is -2.33. The van der Waals surface area contributed by atoms with Gasteiger partial charge in [0, 0.05) is 28.2 Å². The van der Waals surface area contributed by atoms with Crippen molar-refractivity contribution in [1.82, 2.24) is 5.32 Å². The molecule has 2 atom stereocenters. The van der Waals surface area contributed by atoms with Crippen LogP contribution in [0.2, 0.25) is 0 Å². The summed E-state index contributed by atoms with van der Waals surface area (Å²) in [7, 11) is 2.99. The molecule has 1 aliphatic heterocycles. The molecular formula is C25H22Br2N2O4. The van der Waals surface area contributed by atoms with Crippen molar-refractivity contribution in [3.8, 4) is 11.5 Å². The third-order valence-electron chi connectivity index (χ3n) is 5.55. The van der Waals surface area contributed by atoms with Crippen LogP contribution in [-0.4, -0.2) is 31.0 Å². The second kappa shape index (κ2) is 10.1. The molecule has 0 saturated heterocycles. The molecule has 3 aromatic carbocycles. The normalized spacial score (nSPS) is 17.9. The van der Waals surface area contributed by atoms with Crippen LogP contribution < -0.4 is 10.1 Å². The molecule has 0 fully saturated rings. The highest BCUT2D eigenvalue weighted by Gasteiger charge is 2.28. The van der Waals surface area contributed by atoms with Gasteiger partial charge in [0.25, 0.3) is 0 Å². The van der Waals surface area contributed by atoms with Crippen molar-refractivity contribution in [1.29, 1.82) is 0 Å². The van der Waals surface area contributed by atoms with Crippen LogP contribution in [0.15, 0.2) is 74.6 Å². The number of phenols is 1. The third-order valence-corrected chi connectivity index (χ3v) is 6.61. The maximum Gasteiger partial charge on any atom is 0.337 e. The van der Waals surface area contributed by atoms with Crippen molar-refractivity contribution in [2.45, 2.75) is 18.6 Å². The fourth-order valence-electron chi connectivity index (χ4n) is 3.81. The first-order valence-corrected chi connectivity index (χ1v) is 11.8. The molecule has 0 saturated carbocycles. The van der Waals surface area contributed by atoms with E-state index in [1.54, 1.807) is 19.2 Å². The minimum Gasteiger partial charge on any atom is -0.506 e. The maximum atomic E-state index is 11.8. The number of methoxy groups -OCH3 is 2. The van der Waals surface area contributed by atoms with Gasteiger partial charge in [-0.2, -0.15) is 0 Å². The first-order chi connectivity index (χ1) is 15.9. The van der Waals surface area contributed by atoms with E-state index in [9.17, 15) is 9.90 Å². The molecule has 0 amide bonds. The summed E-state index contributed by atoms with van der Waals surface area (Å²) in [4.78, 5) is 16.8. The number of nitrogens with zero attached hydrogens (tertiary/aromatic N) is 1. The highest BCUT2D eigenvalue weighted by atomic mass is 79.9. The molecule has 33 heavy (non-hydrogen) atoms. The first-order valence-electron chi connectivity index (χ1n) is 10.2. The highest BCUT2D eigenvalue weighted by molar-refractivity contribution is 9.11. The quantitative estimate of drug-likeness (QED) is 0.370. The van der Waals surface area contributed by atoms with Crippen LogP contribution in [0.5, 0.6) is 11.5 Å². The number of carbonyl (C=O) groups excluding carboxylic acids is 1. The van der Waals surface area contributed by atoms with E-state index in [-0.39, 0.29) is 23.9 Å². The Balaban J connectivity index is 1.74. The molecule has 0 aliphatic carbocycles. The Morgan fingerprint density at radius 1 is 1.06 bits per heavy atom. The van der Waals surface area contributed by atoms with Crippen molar-refractivity contribution in [2.75, 3.05) is 14.2 Å². The van der Waals surface area contributed by atoms with Crippen LogP contribution in [0.4, 0.5) is 0 Å². The zero-order valence-corrected chi connectivity index (χ0v) is 21.2. The fourth-order valence-corrected chi connectivity index (χ4v) is 5.06. The number of esters is 1. The van der Waals surface area contributed by atoms with Crippen LogP contribution in [0.1, 0.15) is 45.7 Å². The predicted molar refractivity (Wildman–Crippen MR) is 134 cm³/mol. The molecule has 8 heteroatoms. The molecule has 0 aromatic heterocycles. The summed E-state index contributed by atoms with van der Waals surface area (Å²) in [6.07, 6.45) is 0.212. The number of phenolic OH excluding ortho intramolecular Hbond substituents is 1. The van der Waals surface area contributed by atoms with Crippen LogP contribution in [0.25, 0.3) is 0 Å². The van der Waals surface area contributed by atoms with E-state index in [0.717, 1.165) is 32.6 Å². The summed E-state index contributed by atoms with van der Waals surface area (Å²) in [5.41, 5.74) is 4.01. The zero-order chi connectivity index (χ0) is 23.5. The molecule has 1 aliphatic rings. The van der Waals surface area contributed by atoms with Gasteiger partial charge in [0.15, 0.2) is 0 Å². The average molecular weight is 574 g/mol. The summed E-state index contributed by atoms with van der Waals surface area (Å²) in [6.45, 7) is 0. The Kier molecular flexibility index (Phi) is 7.17. The van der Waals surface area contributed by atoms with Crippen molar-refractivity contribution < 1.29 is 19.4 Å². The molecular weight excluding hydrogens is 552 g/mol. The SMILES string of the molecule is COC(=O)c1ccc([C@@H]2N=C(c3ccc(OC)cc3)C[C@@H](c3cc(Br)cc(Br)c3O)N2)cc1. The maximum absolute atomic E-state index is 11.8. The van der Waals surface area contributed by atoms with Gasteiger partial charge < -0.3 is 14.6 Å². The zero-order valence-electron chi connectivity index (χ0n) is 18.0. The molecule has 0 bridgehead atoms. The number of carbonyl (C=O) groups is 1. The van der Waals surface area contributed by atoms with E-state index < -0.39 is 0 Å². The summed E-state index contributed by atoms with van der Waals surface area (Å²) in [5, 5.41) is 14.3. The second-order valence-electron chi connectivity index (χ2n) is 7.57. The van der Waals surface area contributed by atoms with Gasteiger partial charge in [0.1, 0.15) is 17.7 Å². The lowest BCUT2D eigenvalue weighted by Gasteiger charge is -2.31. The summed E-state index contributed by atoms with van der Waals surface area (Å²) in [5.74, 6) is 0.571. The number of aromatic hydroxyl groups is 1. The average Bonchev–Trinajstić information content (AvgIpc) is 2.85. The van der Waals surface area contributed by atoms with Crippen LogP contribution in [0, 0.1) is 0 Å². The van der Waals surface area contributed by atoms with Crippen LogP contribution in [-0.2, 0) is 4.74 Å². The van der Waals surface area contributed by atoms with Crippen LogP contribution >= 0.6 is 31.9 Å². The molecule has 4 rings (SSSR count). The monoisotopic (exact) mass is 572 g/mol. The number of ether oxygens (including phenoxy) is 2. The number of halogens is 2. The van der Waals surface area contributed by atoms with E-state index in [1.807, 2.05) is 48.5 Å². The van der Waals surface area contributed by atoms with E-state index in [4.69, 9.17) is 14.5 Å². The van der Waals surface area contributed by atoms with Crippen molar-refractivity contribution in [3.05, 3.63) is 91.9 Å². The van der Waals surface area contributed by atoms with Gasteiger partial charge >= 0.3 is 5.97 Å². The van der Waals surface area contributed by atoms with Gasteiger partial charge in [0.2, 0.25) is 0 Å². The Hall–Kier alpha value is -2.68. The van der Waals surface area contributed by atoms with Gasteiger partial charge in [0.05, 0.1) is 24.3 Å². The first kappa shape index (κ1) is 23.5. The largest absolute Gasteiger partial charge is 0.506 e. The minimum absolute atomic E-state index is 0.187. The van der Waals surface area contributed by atoms with Gasteiger partial charge in [-0.25, -0.2) is 4.79 Å². The molecule has 2 N–H and O–H groups in total. The topological polar surface area (TPSA) is 80.2 Å². The lowest BCUT2D eigenvalue weighted by atomic mass is 9.93. The number of nitrogens with one attached hydrogen (secondary N) is 1. The Morgan fingerprint density at radius 3 is 2.39 bits per heavy atom. The number of hydrogen-bond donors (Lipinski definition) is 2. The second-order valence-corrected chi connectivity index (χ2v) is 9.34. The minimum atomic E-state index is -0.387. The molecule has 0 radical (unpaired) electrons. The molecule has 3 aromatic rings. The molecule has 1 heterocycles. The lowest BCUT2D eigenvalue weighted by molar-refractivity contribution is 0.0600. The Bertz CT molecular complexity index is 1190. The third kappa shape index (κ3) is 5.13. The van der Waals surface area contributed by atoms with Crippen LogP contribution in [0.3, 0.4) is 0 Å². The smallest absolute Gasteiger partial charge is 0.337 e. The highest BCUT2D eigenvalue weighted by Crippen LogP contribution is 2.39. The Morgan fingerprint density at radius 2 is 1.76 bits per heavy atom. The predicted octanol–water partition coefficient (Wildman–Crippen LogP) is 5.93. The summed E-state index contributed by atoms with van der Waals surface area (Å²) >= 11 is 6.95. The van der Waals surface area contributed by atoms with E-state index >= 15 is 0 Å². The van der Waals surface area contributed by atoms with E-state index in [1.165, 1.54) is 7.11 Å². The number of aliphatic imine (C=N–C) groups is 1. The van der Waals surface area contributed by atoms with Gasteiger partial charge in [-0.05, 0) is 75.6 Å². The van der Waals surface area contributed by atoms with E-state index in [0.29, 0.717) is 16.5 Å². The molecule has 0 spiro atoms. The number of rotatable bonds is 5. The summed E-state index contributed by atoms with van der Waals surface area (Å²) < 4.78 is 11.6. The fraction of sp³-hybridized carbons (Fsp3) is 0.200. The molecule has 0 unspecified atom stereocenters. The van der Waals surface area contributed by atoms with Crippen molar-refractivity contribution >= 4 is 43.5 Å². The summed E-state index contributed by atoms with van der Waals surface area (Å²) in [6, 6.07) is 18.5. The Labute approximate surface area is 208 Å². The number of hydrogen-bond acceptors (Lipinski definition) is 6. The van der Waals surface area contributed by atoms with E-state index in [2.05, 4.69) is 37.2 Å². The van der Waals surface area contributed by atoms with Gasteiger partial charge in [-0.15, -0.1) is 0 Å². The van der Waals surface area contributed by atoms with Crippen molar-refractivity contribution in [3.63, 3.8) is 0 Å². The van der Waals surface area contributed by atoms with Gasteiger partial charge in [-0.3, -0.25) is 10.3 Å².